The van der Waals surface area contributed by atoms with E-state index >= 15 is 0 Å². The summed E-state index contributed by atoms with van der Waals surface area (Å²) in [4.78, 5) is 2.82. The molecule has 2 heteroatoms. The van der Waals surface area contributed by atoms with Crippen molar-refractivity contribution in [2.24, 2.45) is 5.92 Å². The summed E-state index contributed by atoms with van der Waals surface area (Å²) >= 11 is 1.92. The standard InChI is InChI=1S/C19H27NS/c1-5-13-20-19(14(3)4)18-12-11-17(21-18)16-9-7-15(6-2)8-10-16/h7-12,14,19-20H,5-6,13H2,1-4H3. The molecule has 21 heavy (non-hydrogen) atoms. The van der Waals surface area contributed by atoms with Crippen LogP contribution < -0.4 is 5.32 Å². The van der Waals surface area contributed by atoms with Gasteiger partial charge in [-0.3, -0.25) is 0 Å². The highest BCUT2D eigenvalue weighted by Crippen LogP contribution is 2.34. The molecule has 1 unspecified atom stereocenters. The molecule has 0 bridgehead atoms. The van der Waals surface area contributed by atoms with E-state index in [0.29, 0.717) is 12.0 Å². The summed E-state index contributed by atoms with van der Waals surface area (Å²) in [6.07, 6.45) is 2.28. The predicted molar refractivity (Wildman–Crippen MR) is 95.0 cm³/mol. The highest BCUT2D eigenvalue weighted by Gasteiger charge is 2.17. The van der Waals surface area contributed by atoms with E-state index in [1.165, 1.54) is 27.3 Å². The minimum atomic E-state index is 0.471. The van der Waals surface area contributed by atoms with Crippen molar-refractivity contribution in [1.29, 1.82) is 0 Å². The smallest absolute Gasteiger partial charge is 0.0438 e. The minimum Gasteiger partial charge on any atom is -0.309 e. The lowest BCUT2D eigenvalue weighted by molar-refractivity contribution is 0.418. The van der Waals surface area contributed by atoms with Crippen LogP contribution in [0.25, 0.3) is 10.4 Å². The maximum atomic E-state index is 3.68. The quantitative estimate of drug-likeness (QED) is 0.694. The molecule has 0 aliphatic carbocycles. The average Bonchev–Trinajstić information content (AvgIpc) is 2.97. The molecule has 1 heterocycles. The van der Waals surface area contributed by atoms with Crippen molar-refractivity contribution in [3.63, 3.8) is 0 Å². The molecule has 0 aliphatic heterocycles. The fourth-order valence-corrected chi connectivity index (χ4v) is 3.81. The maximum Gasteiger partial charge on any atom is 0.0438 e. The van der Waals surface area contributed by atoms with Crippen molar-refractivity contribution in [1.82, 2.24) is 5.32 Å². The second kappa shape index (κ2) is 7.77. The first-order valence-electron chi connectivity index (χ1n) is 8.08. The van der Waals surface area contributed by atoms with Crippen molar-refractivity contribution < 1.29 is 0 Å². The number of nitrogens with one attached hydrogen (secondary N) is 1. The first-order chi connectivity index (χ1) is 10.2. The van der Waals surface area contributed by atoms with Gasteiger partial charge in [0, 0.05) is 15.8 Å². The fourth-order valence-electron chi connectivity index (χ4n) is 2.54. The molecule has 1 nitrogen and oxygen atoms in total. The normalized spacial score (nSPS) is 12.8. The summed E-state index contributed by atoms with van der Waals surface area (Å²) in [6, 6.07) is 14.0. The third-order valence-corrected chi connectivity index (χ3v) is 5.08. The Hall–Kier alpha value is -1.12. The second-order valence-corrected chi connectivity index (χ2v) is 7.04. The monoisotopic (exact) mass is 301 g/mol. The lowest BCUT2D eigenvalue weighted by atomic mass is 10.0. The van der Waals surface area contributed by atoms with Gasteiger partial charge in [0.25, 0.3) is 0 Å². The van der Waals surface area contributed by atoms with E-state index in [1.807, 2.05) is 11.3 Å². The Balaban J connectivity index is 2.18. The Bertz CT molecular complexity index is 539. The van der Waals surface area contributed by atoms with Crippen LogP contribution in [0.1, 0.15) is 50.6 Å². The van der Waals surface area contributed by atoms with E-state index < -0.39 is 0 Å². The van der Waals surface area contributed by atoms with Crippen molar-refractivity contribution >= 4 is 11.3 Å². The van der Waals surface area contributed by atoms with Crippen LogP contribution in [0.2, 0.25) is 0 Å². The van der Waals surface area contributed by atoms with Gasteiger partial charge < -0.3 is 5.32 Å². The molecule has 0 saturated heterocycles. The summed E-state index contributed by atoms with van der Waals surface area (Å²) in [5.41, 5.74) is 2.74. The largest absolute Gasteiger partial charge is 0.309 e. The van der Waals surface area contributed by atoms with Crippen molar-refractivity contribution in [3.05, 3.63) is 46.8 Å². The summed E-state index contributed by atoms with van der Waals surface area (Å²) in [5, 5.41) is 3.68. The molecule has 0 spiro atoms. The molecule has 0 saturated carbocycles. The van der Waals surface area contributed by atoms with E-state index in [-0.39, 0.29) is 0 Å². The zero-order chi connectivity index (χ0) is 15.2. The zero-order valence-corrected chi connectivity index (χ0v) is 14.5. The number of benzene rings is 1. The lowest BCUT2D eigenvalue weighted by Gasteiger charge is -2.20. The Morgan fingerprint density at radius 3 is 2.29 bits per heavy atom. The van der Waals surface area contributed by atoms with E-state index in [2.05, 4.69) is 69.4 Å². The third-order valence-electron chi connectivity index (χ3n) is 3.86. The molecule has 2 aromatic rings. The molecule has 1 N–H and O–H groups in total. The highest BCUT2D eigenvalue weighted by atomic mass is 32.1. The molecular weight excluding hydrogens is 274 g/mol. The van der Waals surface area contributed by atoms with E-state index in [0.717, 1.165) is 13.0 Å². The van der Waals surface area contributed by atoms with Crippen LogP contribution in [-0.4, -0.2) is 6.54 Å². The predicted octanol–water partition coefficient (Wildman–Crippen LogP) is 5.67. The summed E-state index contributed by atoms with van der Waals surface area (Å²) in [7, 11) is 0. The van der Waals surface area contributed by atoms with E-state index in [9.17, 15) is 0 Å². The number of hydrogen-bond donors (Lipinski definition) is 1. The summed E-state index contributed by atoms with van der Waals surface area (Å²) in [6.45, 7) is 10.1. The number of hydrogen-bond acceptors (Lipinski definition) is 2. The van der Waals surface area contributed by atoms with Crippen LogP contribution in [-0.2, 0) is 6.42 Å². The van der Waals surface area contributed by atoms with E-state index in [1.54, 1.807) is 0 Å². The zero-order valence-electron chi connectivity index (χ0n) is 13.6. The molecule has 0 fully saturated rings. The van der Waals surface area contributed by atoms with Crippen LogP contribution in [0.5, 0.6) is 0 Å². The molecule has 1 aromatic heterocycles. The molecular formula is C19H27NS. The Labute approximate surface area is 133 Å². The van der Waals surface area contributed by atoms with Gasteiger partial charge in [-0.15, -0.1) is 11.3 Å². The average molecular weight is 301 g/mol. The van der Waals surface area contributed by atoms with Gasteiger partial charge in [0.15, 0.2) is 0 Å². The van der Waals surface area contributed by atoms with Crippen LogP contribution in [0.4, 0.5) is 0 Å². The van der Waals surface area contributed by atoms with Crippen LogP contribution in [0.15, 0.2) is 36.4 Å². The van der Waals surface area contributed by atoms with Gasteiger partial charge in [-0.05, 0) is 48.6 Å². The maximum absolute atomic E-state index is 3.68. The number of thiophene rings is 1. The first-order valence-corrected chi connectivity index (χ1v) is 8.89. The summed E-state index contributed by atoms with van der Waals surface area (Å²) in [5.74, 6) is 0.616. The van der Waals surface area contributed by atoms with Gasteiger partial charge in [-0.25, -0.2) is 0 Å². The topological polar surface area (TPSA) is 12.0 Å². The minimum absolute atomic E-state index is 0.471. The van der Waals surface area contributed by atoms with Crippen molar-refractivity contribution in [2.75, 3.05) is 6.54 Å². The molecule has 1 atom stereocenters. The second-order valence-electron chi connectivity index (χ2n) is 5.93. The van der Waals surface area contributed by atoms with Crippen LogP contribution >= 0.6 is 11.3 Å². The van der Waals surface area contributed by atoms with Crippen LogP contribution in [0.3, 0.4) is 0 Å². The fraction of sp³-hybridized carbons (Fsp3) is 0.474. The third kappa shape index (κ3) is 4.18. The Morgan fingerprint density at radius 2 is 1.71 bits per heavy atom. The van der Waals surface area contributed by atoms with Gasteiger partial charge >= 0.3 is 0 Å². The van der Waals surface area contributed by atoms with E-state index in [4.69, 9.17) is 0 Å². The van der Waals surface area contributed by atoms with Gasteiger partial charge in [-0.2, -0.15) is 0 Å². The van der Waals surface area contributed by atoms with Crippen molar-refractivity contribution in [2.45, 2.75) is 46.6 Å². The van der Waals surface area contributed by atoms with Crippen molar-refractivity contribution in [3.8, 4) is 10.4 Å². The lowest BCUT2D eigenvalue weighted by Crippen LogP contribution is -2.25. The van der Waals surface area contributed by atoms with Gasteiger partial charge in [0.2, 0.25) is 0 Å². The highest BCUT2D eigenvalue weighted by molar-refractivity contribution is 7.15. The van der Waals surface area contributed by atoms with Gasteiger partial charge in [0.05, 0.1) is 0 Å². The van der Waals surface area contributed by atoms with Crippen LogP contribution in [0, 0.1) is 5.92 Å². The van der Waals surface area contributed by atoms with Gasteiger partial charge in [0.1, 0.15) is 0 Å². The molecule has 0 radical (unpaired) electrons. The SMILES string of the molecule is CCCNC(c1ccc(-c2ccc(CC)cc2)s1)C(C)C. The summed E-state index contributed by atoms with van der Waals surface area (Å²) < 4.78 is 0. The number of aryl methyl sites for hydroxylation is 1. The first kappa shape index (κ1) is 16.3. The molecule has 0 aliphatic rings. The Kier molecular flexibility index (Phi) is 6.01. The number of rotatable bonds is 7. The molecule has 114 valence electrons. The van der Waals surface area contributed by atoms with Gasteiger partial charge in [-0.1, -0.05) is 52.0 Å². The Morgan fingerprint density at radius 1 is 1.00 bits per heavy atom. The molecule has 2 rings (SSSR count). The molecule has 0 amide bonds. The molecule has 1 aromatic carbocycles.